The van der Waals surface area contributed by atoms with E-state index in [0.29, 0.717) is 11.1 Å². The van der Waals surface area contributed by atoms with Crippen molar-refractivity contribution in [2.45, 2.75) is 38.8 Å². The Morgan fingerprint density at radius 3 is 2.75 bits per heavy atom. The number of hydrogen-bond donors (Lipinski definition) is 1. The van der Waals surface area contributed by atoms with Gasteiger partial charge < -0.3 is 10.0 Å². The molecular weight excluding hydrogens is 222 g/mol. The first-order valence-corrected chi connectivity index (χ1v) is 6.21. The Bertz CT molecular complexity index is 378. The van der Waals surface area contributed by atoms with Crippen LogP contribution in [0, 0.1) is 0 Å². The maximum atomic E-state index is 9.51. The van der Waals surface area contributed by atoms with E-state index in [1.807, 2.05) is 12.1 Å². The SMILES string of the molecule is CC(O)c1ccc(N2CCCC2C)cc1Cl. The lowest BCUT2D eigenvalue weighted by Gasteiger charge is -2.24. The number of hydrogen-bond acceptors (Lipinski definition) is 2. The van der Waals surface area contributed by atoms with Crippen LogP contribution in [0.3, 0.4) is 0 Å². The molecule has 0 bridgehead atoms. The zero-order valence-electron chi connectivity index (χ0n) is 9.78. The molecule has 0 amide bonds. The summed E-state index contributed by atoms with van der Waals surface area (Å²) in [6, 6.07) is 6.53. The molecule has 2 unspecified atom stereocenters. The van der Waals surface area contributed by atoms with Gasteiger partial charge in [-0.3, -0.25) is 0 Å². The zero-order chi connectivity index (χ0) is 11.7. The highest BCUT2D eigenvalue weighted by Gasteiger charge is 2.21. The van der Waals surface area contributed by atoms with Crippen molar-refractivity contribution < 1.29 is 5.11 Å². The number of rotatable bonds is 2. The molecule has 1 aliphatic rings. The Morgan fingerprint density at radius 1 is 1.50 bits per heavy atom. The average molecular weight is 240 g/mol. The van der Waals surface area contributed by atoms with Crippen molar-refractivity contribution in [3.05, 3.63) is 28.8 Å². The van der Waals surface area contributed by atoms with Gasteiger partial charge in [0.25, 0.3) is 0 Å². The van der Waals surface area contributed by atoms with Crippen LogP contribution in [0.5, 0.6) is 0 Å². The molecule has 0 aliphatic carbocycles. The molecule has 1 fully saturated rings. The van der Waals surface area contributed by atoms with Gasteiger partial charge in [-0.1, -0.05) is 17.7 Å². The summed E-state index contributed by atoms with van der Waals surface area (Å²) in [5, 5.41) is 10.2. The van der Waals surface area contributed by atoms with Crippen molar-refractivity contribution in [3.8, 4) is 0 Å². The van der Waals surface area contributed by atoms with Gasteiger partial charge >= 0.3 is 0 Å². The molecule has 1 N–H and O–H groups in total. The van der Waals surface area contributed by atoms with Gasteiger partial charge in [0.1, 0.15) is 0 Å². The van der Waals surface area contributed by atoms with Gasteiger partial charge in [-0.25, -0.2) is 0 Å². The lowest BCUT2D eigenvalue weighted by Crippen LogP contribution is -2.26. The van der Waals surface area contributed by atoms with Gasteiger partial charge in [-0.2, -0.15) is 0 Å². The Hall–Kier alpha value is -0.730. The smallest absolute Gasteiger partial charge is 0.0776 e. The third-order valence-corrected chi connectivity index (χ3v) is 3.65. The summed E-state index contributed by atoms with van der Waals surface area (Å²) in [6.45, 7) is 5.08. The van der Waals surface area contributed by atoms with E-state index >= 15 is 0 Å². The zero-order valence-corrected chi connectivity index (χ0v) is 10.5. The fourth-order valence-corrected chi connectivity index (χ4v) is 2.68. The molecule has 0 radical (unpaired) electrons. The predicted molar refractivity (Wildman–Crippen MR) is 68.1 cm³/mol. The minimum Gasteiger partial charge on any atom is -0.389 e. The van der Waals surface area contributed by atoms with Crippen LogP contribution < -0.4 is 4.90 Å². The normalized spacial score (nSPS) is 22.5. The Balaban J connectivity index is 2.27. The summed E-state index contributed by atoms with van der Waals surface area (Å²) in [5.41, 5.74) is 1.97. The first-order chi connectivity index (χ1) is 7.59. The Kier molecular flexibility index (Phi) is 3.41. The predicted octanol–water partition coefficient (Wildman–Crippen LogP) is 3.38. The fraction of sp³-hybridized carbons (Fsp3) is 0.538. The number of halogens is 1. The van der Waals surface area contributed by atoms with Crippen LogP contribution in [0.25, 0.3) is 0 Å². The quantitative estimate of drug-likeness (QED) is 0.855. The van der Waals surface area contributed by atoms with Crippen LogP contribution in [0.4, 0.5) is 5.69 Å². The van der Waals surface area contributed by atoms with Gasteiger partial charge in [0.15, 0.2) is 0 Å². The number of aliphatic hydroxyl groups excluding tert-OH is 1. The van der Waals surface area contributed by atoms with Crippen molar-refractivity contribution in [2.24, 2.45) is 0 Å². The highest BCUT2D eigenvalue weighted by Crippen LogP contribution is 2.31. The first kappa shape index (κ1) is 11.7. The van der Waals surface area contributed by atoms with Crippen molar-refractivity contribution in [3.63, 3.8) is 0 Å². The van der Waals surface area contributed by atoms with Gasteiger partial charge in [0.05, 0.1) is 6.10 Å². The van der Waals surface area contributed by atoms with Gasteiger partial charge in [-0.15, -0.1) is 0 Å². The molecule has 2 atom stereocenters. The van der Waals surface area contributed by atoms with Crippen molar-refractivity contribution in [2.75, 3.05) is 11.4 Å². The maximum Gasteiger partial charge on any atom is 0.0776 e. The maximum absolute atomic E-state index is 9.51. The molecule has 1 aromatic carbocycles. The second-order valence-corrected chi connectivity index (χ2v) is 4.97. The molecule has 0 saturated carbocycles. The molecular formula is C13H18ClNO. The Morgan fingerprint density at radius 2 is 2.25 bits per heavy atom. The molecule has 0 spiro atoms. The topological polar surface area (TPSA) is 23.5 Å². The van der Waals surface area contributed by atoms with Crippen LogP contribution in [0.1, 0.15) is 38.4 Å². The lowest BCUT2D eigenvalue weighted by molar-refractivity contribution is 0.199. The average Bonchev–Trinajstić information content (AvgIpc) is 2.63. The molecule has 0 aromatic heterocycles. The van der Waals surface area contributed by atoms with Crippen LogP contribution in [0.2, 0.25) is 5.02 Å². The van der Waals surface area contributed by atoms with Crippen molar-refractivity contribution in [1.82, 2.24) is 0 Å². The summed E-state index contributed by atoms with van der Waals surface area (Å²) in [5.74, 6) is 0. The third kappa shape index (κ3) is 2.18. The Labute approximate surface area is 102 Å². The summed E-state index contributed by atoms with van der Waals surface area (Å²) >= 11 is 6.16. The number of benzene rings is 1. The molecule has 1 aliphatic heterocycles. The molecule has 3 heteroatoms. The number of anilines is 1. The van der Waals surface area contributed by atoms with Crippen molar-refractivity contribution in [1.29, 1.82) is 0 Å². The number of nitrogens with zero attached hydrogens (tertiary/aromatic N) is 1. The second-order valence-electron chi connectivity index (χ2n) is 4.57. The summed E-state index contributed by atoms with van der Waals surface area (Å²) in [4.78, 5) is 2.37. The van der Waals surface area contributed by atoms with Gasteiger partial charge in [0, 0.05) is 23.3 Å². The van der Waals surface area contributed by atoms with Crippen LogP contribution in [-0.2, 0) is 0 Å². The van der Waals surface area contributed by atoms with E-state index in [-0.39, 0.29) is 0 Å². The minimum atomic E-state index is -0.502. The minimum absolute atomic E-state index is 0.502. The molecule has 1 saturated heterocycles. The van der Waals surface area contributed by atoms with E-state index < -0.39 is 6.10 Å². The van der Waals surface area contributed by atoms with Gasteiger partial charge in [0.2, 0.25) is 0 Å². The van der Waals surface area contributed by atoms with E-state index in [0.717, 1.165) is 12.1 Å². The van der Waals surface area contributed by atoms with Crippen LogP contribution in [-0.4, -0.2) is 17.7 Å². The van der Waals surface area contributed by atoms with E-state index in [1.54, 1.807) is 6.92 Å². The molecule has 1 aromatic rings. The van der Waals surface area contributed by atoms with E-state index in [9.17, 15) is 5.11 Å². The monoisotopic (exact) mass is 239 g/mol. The summed E-state index contributed by atoms with van der Waals surface area (Å²) in [7, 11) is 0. The fourth-order valence-electron chi connectivity index (χ4n) is 2.35. The largest absolute Gasteiger partial charge is 0.389 e. The third-order valence-electron chi connectivity index (χ3n) is 3.32. The first-order valence-electron chi connectivity index (χ1n) is 5.83. The van der Waals surface area contributed by atoms with Crippen LogP contribution >= 0.6 is 11.6 Å². The molecule has 16 heavy (non-hydrogen) atoms. The van der Waals surface area contributed by atoms with Crippen molar-refractivity contribution >= 4 is 17.3 Å². The molecule has 1 heterocycles. The van der Waals surface area contributed by atoms with E-state index in [1.165, 1.54) is 18.5 Å². The number of aliphatic hydroxyl groups is 1. The summed E-state index contributed by atoms with van der Waals surface area (Å²) in [6.07, 6.45) is 1.99. The highest BCUT2D eigenvalue weighted by atomic mass is 35.5. The molecule has 2 nitrogen and oxygen atoms in total. The van der Waals surface area contributed by atoms with E-state index in [2.05, 4.69) is 17.9 Å². The second kappa shape index (κ2) is 4.64. The van der Waals surface area contributed by atoms with E-state index in [4.69, 9.17) is 11.6 Å². The van der Waals surface area contributed by atoms with Gasteiger partial charge in [-0.05, 0) is 44.4 Å². The molecule has 88 valence electrons. The standard InChI is InChI=1S/C13H18ClNO/c1-9-4-3-7-15(9)11-5-6-12(10(2)16)13(14)8-11/h5-6,8-10,16H,3-4,7H2,1-2H3. The highest BCUT2D eigenvalue weighted by molar-refractivity contribution is 6.31. The summed E-state index contributed by atoms with van der Waals surface area (Å²) < 4.78 is 0. The lowest BCUT2D eigenvalue weighted by atomic mass is 10.1. The van der Waals surface area contributed by atoms with Crippen LogP contribution in [0.15, 0.2) is 18.2 Å². The molecule has 2 rings (SSSR count).